The average molecular weight is 278 g/mol. The Morgan fingerprint density at radius 3 is 2.65 bits per heavy atom. The van der Waals surface area contributed by atoms with Gasteiger partial charge in [0, 0.05) is 19.4 Å². The van der Waals surface area contributed by atoms with E-state index in [1.807, 2.05) is 0 Å². The zero-order chi connectivity index (χ0) is 14.9. The molecule has 2 amide bonds. The molecule has 1 saturated heterocycles. The van der Waals surface area contributed by atoms with Crippen LogP contribution in [-0.4, -0.2) is 52.1 Å². The van der Waals surface area contributed by atoms with E-state index in [1.54, 1.807) is 27.8 Å². The highest BCUT2D eigenvalue weighted by Crippen LogP contribution is 2.22. The molecule has 0 N–H and O–H groups in total. The molecule has 1 aliphatic rings. The Morgan fingerprint density at radius 1 is 1.40 bits per heavy atom. The Hall–Kier alpha value is -2.18. The van der Waals surface area contributed by atoms with Crippen LogP contribution >= 0.6 is 0 Å². The zero-order valence-corrected chi connectivity index (χ0v) is 12.0. The molecule has 0 spiro atoms. The number of ether oxygens (including phenoxy) is 1. The van der Waals surface area contributed by atoms with E-state index >= 15 is 0 Å². The fourth-order valence-corrected chi connectivity index (χ4v) is 1.92. The van der Waals surface area contributed by atoms with Crippen molar-refractivity contribution in [2.24, 2.45) is 0 Å². The number of urea groups is 1. The van der Waals surface area contributed by atoms with Crippen LogP contribution in [0.3, 0.4) is 0 Å². The first-order chi connectivity index (χ1) is 9.29. The van der Waals surface area contributed by atoms with Crippen molar-refractivity contribution < 1.29 is 14.3 Å². The second-order valence-electron chi connectivity index (χ2n) is 5.62. The molecule has 7 heteroatoms. The lowest BCUT2D eigenvalue weighted by Crippen LogP contribution is -2.40. The molecule has 1 aromatic heterocycles. The molecule has 1 unspecified atom stereocenters. The molecular weight excluding hydrogens is 260 g/mol. The number of esters is 1. The molecule has 1 aliphatic heterocycles. The predicted octanol–water partition coefficient (Wildman–Crippen LogP) is 1.06. The van der Waals surface area contributed by atoms with Gasteiger partial charge in [0.15, 0.2) is 5.82 Å². The van der Waals surface area contributed by atoms with Crippen molar-refractivity contribution in [3.63, 3.8) is 0 Å². The number of aromatic nitrogens is 2. The second-order valence-corrected chi connectivity index (χ2v) is 5.62. The summed E-state index contributed by atoms with van der Waals surface area (Å²) in [7, 11) is 1.58. The van der Waals surface area contributed by atoms with E-state index in [9.17, 15) is 9.59 Å². The summed E-state index contributed by atoms with van der Waals surface area (Å²) < 4.78 is 5.33. The largest absolute Gasteiger partial charge is 0.458 e. The van der Waals surface area contributed by atoms with Crippen molar-refractivity contribution in [1.82, 2.24) is 14.9 Å². The third-order valence-corrected chi connectivity index (χ3v) is 2.86. The van der Waals surface area contributed by atoms with E-state index < -0.39 is 17.6 Å². The molecule has 0 aromatic carbocycles. The van der Waals surface area contributed by atoms with Crippen LogP contribution in [0.25, 0.3) is 0 Å². The SMILES string of the molecule is CN1C(=O)N(c2cnccn2)CC1C(=O)OC(C)(C)C. The van der Waals surface area contributed by atoms with Crippen LogP contribution in [0.4, 0.5) is 10.6 Å². The van der Waals surface area contributed by atoms with Crippen molar-refractivity contribution in [2.45, 2.75) is 32.4 Å². The van der Waals surface area contributed by atoms with Crippen molar-refractivity contribution in [1.29, 1.82) is 0 Å². The summed E-state index contributed by atoms with van der Waals surface area (Å²) in [6, 6.07) is -0.926. The van der Waals surface area contributed by atoms with Crippen molar-refractivity contribution in [3.05, 3.63) is 18.6 Å². The van der Waals surface area contributed by atoms with Crippen molar-refractivity contribution in [2.75, 3.05) is 18.5 Å². The van der Waals surface area contributed by atoms with Gasteiger partial charge in [-0.2, -0.15) is 0 Å². The number of carbonyl (C=O) groups excluding carboxylic acids is 2. The standard InChI is InChI=1S/C13H18N4O3/c1-13(2,3)20-11(18)9-8-17(12(19)16(9)4)10-7-14-5-6-15-10/h5-7,9H,8H2,1-4H3. The van der Waals surface area contributed by atoms with Crippen LogP contribution in [0.5, 0.6) is 0 Å². The van der Waals surface area contributed by atoms with Crippen molar-refractivity contribution in [3.8, 4) is 0 Å². The van der Waals surface area contributed by atoms with Crippen LogP contribution < -0.4 is 4.90 Å². The Kier molecular flexibility index (Phi) is 3.61. The van der Waals surface area contributed by atoms with Gasteiger partial charge in [-0.1, -0.05) is 0 Å². The fourth-order valence-electron chi connectivity index (χ4n) is 1.92. The molecule has 1 fully saturated rings. The molecule has 108 valence electrons. The number of nitrogens with zero attached hydrogens (tertiary/aromatic N) is 4. The van der Waals surface area contributed by atoms with Gasteiger partial charge in [0.05, 0.1) is 12.7 Å². The predicted molar refractivity (Wildman–Crippen MR) is 72.2 cm³/mol. The fraction of sp³-hybridized carbons (Fsp3) is 0.538. The highest BCUT2D eigenvalue weighted by atomic mass is 16.6. The lowest BCUT2D eigenvalue weighted by molar-refractivity contribution is -0.158. The lowest BCUT2D eigenvalue weighted by Gasteiger charge is -2.24. The Balaban J connectivity index is 2.15. The maximum atomic E-state index is 12.2. The molecule has 0 bridgehead atoms. The first-order valence-electron chi connectivity index (χ1n) is 6.33. The van der Waals surface area contributed by atoms with Crippen LogP contribution in [0, 0.1) is 0 Å². The molecular formula is C13H18N4O3. The van der Waals surface area contributed by atoms with Gasteiger partial charge in [0.2, 0.25) is 0 Å². The summed E-state index contributed by atoms with van der Waals surface area (Å²) in [5.41, 5.74) is -0.582. The van der Waals surface area contributed by atoms with E-state index in [2.05, 4.69) is 9.97 Å². The van der Waals surface area contributed by atoms with E-state index in [4.69, 9.17) is 4.74 Å². The number of likely N-dealkylation sites (N-methyl/N-ethyl adjacent to an activating group) is 1. The molecule has 1 aromatic rings. The van der Waals surface area contributed by atoms with E-state index in [0.717, 1.165) is 0 Å². The highest BCUT2D eigenvalue weighted by Gasteiger charge is 2.42. The van der Waals surface area contributed by atoms with Gasteiger partial charge >= 0.3 is 12.0 Å². The summed E-state index contributed by atoms with van der Waals surface area (Å²) in [4.78, 5) is 35.1. The van der Waals surface area contributed by atoms with E-state index in [-0.39, 0.29) is 12.6 Å². The molecule has 0 radical (unpaired) electrons. The molecule has 2 heterocycles. The van der Waals surface area contributed by atoms with Crippen LogP contribution in [0.15, 0.2) is 18.6 Å². The summed E-state index contributed by atoms with van der Waals surface area (Å²) in [5.74, 6) is 0.00940. The Labute approximate surface area is 117 Å². The van der Waals surface area contributed by atoms with Gasteiger partial charge in [-0.05, 0) is 20.8 Å². The Bertz CT molecular complexity index is 512. The molecule has 7 nitrogen and oxygen atoms in total. The van der Waals surface area contributed by atoms with E-state index in [0.29, 0.717) is 5.82 Å². The maximum Gasteiger partial charge on any atom is 0.331 e. The second kappa shape index (κ2) is 5.07. The molecule has 0 saturated carbocycles. The smallest absolute Gasteiger partial charge is 0.331 e. The van der Waals surface area contributed by atoms with Crippen molar-refractivity contribution >= 4 is 17.8 Å². The minimum Gasteiger partial charge on any atom is -0.458 e. The number of amides is 2. The molecule has 2 rings (SSSR count). The minimum atomic E-state index is -0.635. The monoisotopic (exact) mass is 278 g/mol. The molecule has 0 aliphatic carbocycles. The average Bonchev–Trinajstić information content (AvgIpc) is 2.66. The summed E-state index contributed by atoms with van der Waals surface area (Å²) in [5, 5.41) is 0. The number of anilines is 1. The van der Waals surface area contributed by atoms with Gasteiger partial charge in [0.25, 0.3) is 0 Å². The quantitative estimate of drug-likeness (QED) is 0.756. The molecule has 1 atom stereocenters. The number of rotatable bonds is 2. The number of carbonyl (C=O) groups is 2. The van der Waals surface area contributed by atoms with E-state index in [1.165, 1.54) is 28.4 Å². The minimum absolute atomic E-state index is 0.211. The molecule has 20 heavy (non-hydrogen) atoms. The van der Waals surface area contributed by atoms with Gasteiger partial charge < -0.3 is 9.64 Å². The lowest BCUT2D eigenvalue weighted by atomic mass is 10.2. The first kappa shape index (κ1) is 14.2. The van der Waals surface area contributed by atoms with Crippen LogP contribution in [0.1, 0.15) is 20.8 Å². The van der Waals surface area contributed by atoms with Crippen LogP contribution in [0.2, 0.25) is 0 Å². The third kappa shape index (κ3) is 2.87. The number of hydrogen-bond acceptors (Lipinski definition) is 5. The normalized spacial score (nSPS) is 19.4. The van der Waals surface area contributed by atoms with Gasteiger partial charge in [-0.25, -0.2) is 14.6 Å². The zero-order valence-electron chi connectivity index (χ0n) is 12.0. The Morgan fingerprint density at radius 2 is 2.10 bits per heavy atom. The number of hydrogen-bond donors (Lipinski definition) is 0. The summed E-state index contributed by atoms with van der Waals surface area (Å²) in [6.07, 6.45) is 4.52. The topological polar surface area (TPSA) is 75.6 Å². The van der Waals surface area contributed by atoms with Crippen LogP contribution in [-0.2, 0) is 9.53 Å². The summed E-state index contributed by atoms with van der Waals surface area (Å²) >= 11 is 0. The van der Waals surface area contributed by atoms with Gasteiger partial charge in [0.1, 0.15) is 11.6 Å². The maximum absolute atomic E-state index is 12.2. The van der Waals surface area contributed by atoms with Gasteiger partial charge in [-0.15, -0.1) is 0 Å². The van der Waals surface area contributed by atoms with Gasteiger partial charge in [-0.3, -0.25) is 9.88 Å². The third-order valence-electron chi connectivity index (χ3n) is 2.86. The highest BCUT2D eigenvalue weighted by molar-refractivity contribution is 5.98. The summed E-state index contributed by atoms with van der Waals surface area (Å²) in [6.45, 7) is 5.59. The first-order valence-corrected chi connectivity index (χ1v) is 6.33.